The van der Waals surface area contributed by atoms with Crippen molar-refractivity contribution in [3.63, 3.8) is 0 Å². The maximum atomic E-state index is 12.5. The third-order valence-corrected chi connectivity index (χ3v) is 5.79. The van der Waals surface area contributed by atoms with Crippen LogP contribution >= 0.6 is 39.1 Å². The summed E-state index contributed by atoms with van der Waals surface area (Å²) in [6.45, 7) is 0. The van der Waals surface area contributed by atoms with E-state index in [9.17, 15) is 18.5 Å². The van der Waals surface area contributed by atoms with E-state index in [1.54, 1.807) is 0 Å². The van der Waals surface area contributed by atoms with Crippen LogP contribution in [0, 0.1) is 10.1 Å². The molecule has 1 N–H and O–H groups in total. The van der Waals surface area contributed by atoms with E-state index in [4.69, 9.17) is 27.9 Å². The Kier molecular flexibility index (Phi) is 5.68. The van der Waals surface area contributed by atoms with E-state index in [0.717, 1.165) is 0 Å². The summed E-state index contributed by atoms with van der Waals surface area (Å²) < 4.78 is 31.9. The number of rotatable bonds is 3. The van der Waals surface area contributed by atoms with Gasteiger partial charge < -0.3 is 4.74 Å². The quantitative estimate of drug-likeness (QED) is 0.320. The van der Waals surface area contributed by atoms with E-state index in [1.165, 1.54) is 25.3 Å². The minimum absolute atomic E-state index is 0.0365. The van der Waals surface area contributed by atoms with Gasteiger partial charge in [-0.3, -0.25) is 14.8 Å². The van der Waals surface area contributed by atoms with Crippen molar-refractivity contribution in [3.8, 4) is 0 Å². The molecule has 9 nitrogen and oxygen atoms in total. The maximum absolute atomic E-state index is 12.5. The van der Waals surface area contributed by atoms with Crippen molar-refractivity contribution in [1.82, 2.24) is 4.72 Å². The fraction of sp³-hybridized carbons (Fsp3) is 0.273. The number of hydrogen-bond acceptors (Lipinski definition) is 7. The average molecular weight is 460 g/mol. The Labute approximate surface area is 155 Å². The first-order valence-corrected chi connectivity index (χ1v) is 9.27. The Bertz CT molecular complexity index is 845. The zero-order valence-electron chi connectivity index (χ0n) is 11.8. The molecule has 1 heterocycles. The summed E-state index contributed by atoms with van der Waals surface area (Å²) in [5.41, 5.74) is 0. The zero-order chi connectivity index (χ0) is 18.1. The molecule has 1 aromatic rings. The highest BCUT2D eigenvalue weighted by Gasteiger charge is 2.37. The predicted molar refractivity (Wildman–Crippen MR) is 92.2 cm³/mol. The van der Waals surface area contributed by atoms with E-state index in [0.29, 0.717) is 0 Å². The van der Waals surface area contributed by atoms with Crippen LogP contribution in [-0.2, 0) is 14.8 Å². The lowest BCUT2D eigenvalue weighted by Gasteiger charge is -2.19. The van der Waals surface area contributed by atoms with E-state index in [-0.39, 0.29) is 20.8 Å². The van der Waals surface area contributed by atoms with Crippen LogP contribution in [-0.4, -0.2) is 43.3 Å². The van der Waals surface area contributed by atoms with Crippen LogP contribution in [0.5, 0.6) is 0 Å². The Morgan fingerprint density at radius 3 is 2.62 bits per heavy atom. The molecule has 24 heavy (non-hydrogen) atoms. The van der Waals surface area contributed by atoms with Gasteiger partial charge in [-0.05, 0) is 12.1 Å². The van der Waals surface area contributed by atoms with Crippen molar-refractivity contribution in [2.75, 3.05) is 7.11 Å². The van der Waals surface area contributed by atoms with Crippen molar-refractivity contribution in [2.45, 2.75) is 16.0 Å². The summed E-state index contributed by atoms with van der Waals surface area (Å²) in [6.07, 6.45) is -1.52. The molecular formula is C11H9BrCl2N4O5S. The summed E-state index contributed by atoms with van der Waals surface area (Å²) in [6, 6.07) is 4.04. The second-order valence-corrected chi connectivity index (χ2v) is 7.72. The summed E-state index contributed by atoms with van der Waals surface area (Å²) >= 11 is 14.7. The molecule has 2 atom stereocenters. The highest BCUT2D eigenvalue weighted by atomic mass is 79.9. The van der Waals surface area contributed by atoms with Gasteiger partial charge in [-0.1, -0.05) is 45.2 Å². The number of halogens is 3. The minimum atomic E-state index is -4.22. The molecule has 0 fully saturated rings. The average Bonchev–Trinajstić information content (AvgIpc) is 2.50. The van der Waals surface area contributed by atoms with Crippen molar-refractivity contribution >= 4 is 60.9 Å². The lowest BCUT2D eigenvalue weighted by molar-refractivity contribution is -0.519. The van der Waals surface area contributed by atoms with Gasteiger partial charge in [0.1, 0.15) is 4.90 Å². The number of ether oxygens (including phenoxy) is 1. The number of benzene rings is 1. The number of hydrogen-bond donors (Lipinski definition) is 1. The molecule has 1 aliphatic heterocycles. The van der Waals surface area contributed by atoms with E-state index in [2.05, 4.69) is 30.6 Å². The number of nitro groups is 1. The molecular weight excluding hydrogens is 451 g/mol. The SMILES string of the molecule is COC1=NC(Br)C([N+](=O)[O-])N=C1NS(=O)(=O)c1cccc(Cl)c1Cl. The van der Waals surface area contributed by atoms with Gasteiger partial charge in [0.15, 0.2) is 4.95 Å². The van der Waals surface area contributed by atoms with Gasteiger partial charge in [-0.25, -0.2) is 13.4 Å². The number of nitrogens with one attached hydrogen (secondary N) is 1. The lowest BCUT2D eigenvalue weighted by Crippen LogP contribution is -2.44. The summed E-state index contributed by atoms with van der Waals surface area (Å²) in [5, 5.41) is 10.8. The standard InChI is InChI=1S/C11H9BrCl2N4O5S/c1-23-11-9(16-10(18(19)20)8(12)15-11)17-24(21,22)6-4-2-3-5(13)7(6)14/h2-4,8,10H,1H3,(H,16,17). The first-order valence-electron chi connectivity index (χ1n) is 6.11. The van der Waals surface area contributed by atoms with Crippen molar-refractivity contribution in [2.24, 2.45) is 9.98 Å². The number of sulfonamides is 1. The molecule has 130 valence electrons. The van der Waals surface area contributed by atoms with Gasteiger partial charge in [-0.15, -0.1) is 0 Å². The molecule has 2 unspecified atom stereocenters. The predicted octanol–water partition coefficient (Wildman–Crippen LogP) is 2.05. The zero-order valence-corrected chi connectivity index (χ0v) is 15.7. The molecule has 0 saturated carbocycles. The molecule has 1 aromatic carbocycles. The molecule has 0 aliphatic carbocycles. The molecule has 0 saturated heterocycles. The Morgan fingerprint density at radius 2 is 2.04 bits per heavy atom. The molecule has 0 aromatic heterocycles. The van der Waals surface area contributed by atoms with Gasteiger partial charge in [0.25, 0.3) is 15.9 Å². The summed E-state index contributed by atoms with van der Waals surface area (Å²) in [5.74, 6) is -0.623. The van der Waals surface area contributed by atoms with Gasteiger partial charge in [0.2, 0.25) is 5.84 Å². The highest BCUT2D eigenvalue weighted by molar-refractivity contribution is 9.09. The first kappa shape index (κ1) is 18.9. The number of nitrogens with zero attached hydrogens (tertiary/aromatic N) is 3. The number of amidine groups is 1. The minimum Gasteiger partial charge on any atom is -0.479 e. The number of methoxy groups -OCH3 is 1. The van der Waals surface area contributed by atoms with E-state index < -0.39 is 31.9 Å². The molecule has 0 spiro atoms. The monoisotopic (exact) mass is 458 g/mol. The van der Waals surface area contributed by atoms with Crippen LogP contribution in [0.25, 0.3) is 0 Å². The van der Waals surface area contributed by atoms with Gasteiger partial charge in [-0.2, -0.15) is 4.99 Å². The van der Waals surface area contributed by atoms with Crippen LogP contribution in [0.3, 0.4) is 0 Å². The fourth-order valence-corrected chi connectivity index (χ4v) is 4.00. The Balaban J connectivity index is 2.43. The third kappa shape index (κ3) is 3.79. The molecule has 13 heteroatoms. The van der Waals surface area contributed by atoms with E-state index in [1.807, 2.05) is 0 Å². The highest BCUT2D eigenvalue weighted by Crippen LogP contribution is 2.29. The largest absolute Gasteiger partial charge is 0.479 e. The fourth-order valence-electron chi connectivity index (χ4n) is 1.73. The van der Waals surface area contributed by atoms with Crippen molar-refractivity contribution < 1.29 is 18.1 Å². The number of aliphatic imine (C=N–C) groups is 2. The topological polar surface area (TPSA) is 123 Å². The Hall–Kier alpha value is -1.43. The molecule has 2 rings (SSSR count). The smallest absolute Gasteiger partial charge is 0.338 e. The second-order valence-electron chi connectivity index (χ2n) is 4.35. The van der Waals surface area contributed by atoms with Crippen molar-refractivity contribution in [3.05, 3.63) is 38.4 Å². The molecule has 1 aliphatic rings. The number of alkyl halides is 1. The van der Waals surface area contributed by atoms with Crippen LogP contribution < -0.4 is 4.72 Å². The Morgan fingerprint density at radius 1 is 1.38 bits per heavy atom. The maximum Gasteiger partial charge on any atom is 0.338 e. The van der Waals surface area contributed by atoms with Gasteiger partial charge in [0.05, 0.1) is 22.1 Å². The van der Waals surface area contributed by atoms with Crippen molar-refractivity contribution in [1.29, 1.82) is 0 Å². The lowest BCUT2D eigenvalue weighted by atomic mass is 10.4. The van der Waals surface area contributed by atoms with Crippen LogP contribution in [0.15, 0.2) is 33.1 Å². The van der Waals surface area contributed by atoms with Gasteiger partial charge in [0, 0.05) is 0 Å². The van der Waals surface area contributed by atoms with Gasteiger partial charge >= 0.3 is 6.17 Å². The summed E-state index contributed by atoms with van der Waals surface area (Å²) in [7, 11) is -3.00. The molecule has 0 bridgehead atoms. The third-order valence-electron chi connectivity index (χ3n) is 2.80. The summed E-state index contributed by atoms with van der Waals surface area (Å²) in [4.78, 5) is 16.5. The second kappa shape index (κ2) is 7.21. The first-order chi connectivity index (χ1) is 11.2. The normalized spacial score (nSPS) is 20.8. The van der Waals surface area contributed by atoms with Crippen LogP contribution in [0.2, 0.25) is 10.0 Å². The van der Waals surface area contributed by atoms with Crippen LogP contribution in [0.1, 0.15) is 0 Å². The van der Waals surface area contributed by atoms with E-state index >= 15 is 0 Å². The molecule has 0 amide bonds. The van der Waals surface area contributed by atoms with Crippen LogP contribution in [0.4, 0.5) is 0 Å². The molecule has 0 radical (unpaired) electrons.